The largest absolute Gasteiger partial charge is 0.380 e. The zero-order valence-corrected chi connectivity index (χ0v) is 12.6. The lowest BCUT2D eigenvalue weighted by atomic mass is 10.1. The molecule has 1 aliphatic rings. The van der Waals surface area contributed by atoms with Gasteiger partial charge in [-0.1, -0.05) is 28.1 Å². The van der Waals surface area contributed by atoms with Crippen LogP contribution in [0.3, 0.4) is 0 Å². The van der Waals surface area contributed by atoms with Crippen LogP contribution in [0.2, 0.25) is 0 Å². The average Bonchev–Trinajstić information content (AvgIpc) is 2.96. The third-order valence-corrected chi connectivity index (χ3v) is 4.44. The van der Waals surface area contributed by atoms with Gasteiger partial charge in [0.15, 0.2) is 0 Å². The minimum absolute atomic E-state index is 0.530. The van der Waals surface area contributed by atoms with Gasteiger partial charge in [0, 0.05) is 35.2 Å². The summed E-state index contributed by atoms with van der Waals surface area (Å²) in [5.74, 6) is 0. The lowest BCUT2D eigenvalue weighted by Crippen LogP contribution is -2.31. The van der Waals surface area contributed by atoms with Gasteiger partial charge in [-0.3, -0.25) is 9.88 Å². The molecule has 2 heterocycles. The number of fused-ring (bicyclic) bond motifs is 1. The summed E-state index contributed by atoms with van der Waals surface area (Å²) in [6.45, 7) is 2.64. The van der Waals surface area contributed by atoms with Crippen LogP contribution in [-0.2, 0) is 11.3 Å². The number of likely N-dealkylation sites (N-methyl/N-ethyl adjacent to an activating group) is 1. The lowest BCUT2D eigenvalue weighted by Gasteiger charge is -2.23. The molecule has 1 aliphatic heterocycles. The molecule has 4 heteroatoms. The monoisotopic (exact) mass is 320 g/mol. The van der Waals surface area contributed by atoms with Gasteiger partial charge >= 0.3 is 0 Å². The second-order valence-electron chi connectivity index (χ2n) is 5.04. The van der Waals surface area contributed by atoms with Crippen LogP contribution in [0.4, 0.5) is 0 Å². The van der Waals surface area contributed by atoms with Crippen LogP contribution >= 0.6 is 15.9 Å². The highest BCUT2D eigenvalue weighted by Gasteiger charge is 2.20. The number of nitrogens with zero attached hydrogens (tertiary/aromatic N) is 2. The maximum atomic E-state index is 5.46. The van der Waals surface area contributed by atoms with Gasteiger partial charge in [0.05, 0.1) is 12.1 Å². The molecule has 0 radical (unpaired) electrons. The SMILES string of the molecule is CN(Cc1ccc(Br)c2cccnc12)C1CCOC1. The van der Waals surface area contributed by atoms with Gasteiger partial charge in [-0.15, -0.1) is 0 Å². The number of aromatic nitrogens is 1. The Kier molecular flexibility index (Phi) is 3.82. The van der Waals surface area contributed by atoms with Crippen molar-refractivity contribution in [2.75, 3.05) is 20.3 Å². The first-order chi connectivity index (χ1) is 9.25. The maximum Gasteiger partial charge on any atom is 0.0758 e. The van der Waals surface area contributed by atoms with Gasteiger partial charge in [-0.05, 0) is 31.2 Å². The van der Waals surface area contributed by atoms with Crippen LogP contribution in [0, 0.1) is 0 Å². The highest BCUT2D eigenvalue weighted by Crippen LogP contribution is 2.26. The Morgan fingerprint density at radius 2 is 2.32 bits per heavy atom. The van der Waals surface area contributed by atoms with Crippen molar-refractivity contribution in [1.82, 2.24) is 9.88 Å². The fourth-order valence-electron chi connectivity index (χ4n) is 2.59. The van der Waals surface area contributed by atoms with E-state index < -0.39 is 0 Å². The lowest BCUT2D eigenvalue weighted by molar-refractivity contribution is 0.156. The molecule has 1 fully saturated rings. The van der Waals surface area contributed by atoms with E-state index >= 15 is 0 Å². The summed E-state index contributed by atoms with van der Waals surface area (Å²) in [5, 5.41) is 1.18. The minimum Gasteiger partial charge on any atom is -0.380 e. The van der Waals surface area contributed by atoms with Crippen molar-refractivity contribution >= 4 is 26.8 Å². The van der Waals surface area contributed by atoms with E-state index in [1.807, 2.05) is 12.3 Å². The molecule has 19 heavy (non-hydrogen) atoms. The van der Waals surface area contributed by atoms with E-state index in [1.165, 1.54) is 10.9 Å². The number of pyridine rings is 1. The predicted octanol–water partition coefficient (Wildman–Crippen LogP) is 3.22. The second kappa shape index (κ2) is 5.57. The molecule has 0 aliphatic carbocycles. The second-order valence-corrected chi connectivity index (χ2v) is 5.89. The van der Waals surface area contributed by atoms with Crippen molar-refractivity contribution in [1.29, 1.82) is 0 Å². The number of ether oxygens (including phenoxy) is 1. The van der Waals surface area contributed by atoms with Crippen LogP contribution in [-0.4, -0.2) is 36.2 Å². The van der Waals surface area contributed by atoms with E-state index in [0.29, 0.717) is 6.04 Å². The minimum atomic E-state index is 0.530. The van der Waals surface area contributed by atoms with Crippen LogP contribution in [0.5, 0.6) is 0 Å². The molecule has 100 valence electrons. The topological polar surface area (TPSA) is 25.4 Å². The van der Waals surface area contributed by atoms with Gasteiger partial charge in [-0.25, -0.2) is 0 Å². The molecule has 1 aromatic heterocycles. The normalized spacial score (nSPS) is 19.4. The summed E-state index contributed by atoms with van der Waals surface area (Å²) in [5.41, 5.74) is 2.36. The van der Waals surface area contributed by atoms with E-state index in [0.717, 1.165) is 36.2 Å². The molecule has 3 nitrogen and oxygen atoms in total. The fourth-order valence-corrected chi connectivity index (χ4v) is 3.04. The molecule has 2 aromatic rings. The van der Waals surface area contributed by atoms with Gasteiger partial charge < -0.3 is 4.74 Å². The van der Waals surface area contributed by atoms with Crippen molar-refractivity contribution < 1.29 is 4.74 Å². The first kappa shape index (κ1) is 13.0. The van der Waals surface area contributed by atoms with E-state index in [-0.39, 0.29) is 0 Å². The third kappa shape index (κ3) is 2.66. The molecule has 0 N–H and O–H groups in total. The number of halogens is 1. The van der Waals surface area contributed by atoms with E-state index in [4.69, 9.17) is 4.74 Å². The van der Waals surface area contributed by atoms with Gasteiger partial charge in [0.25, 0.3) is 0 Å². The van der Waals surface area contributed by atoms with Gasteiger partial charge in [0.2, 0.25) is 0 Å². The molecule has 0 spiro atoms. The summed E-state index contributed by atoms with van der Waals surface area (Å²) in [6, 6.07) is 8.88. The summed E-state index contributed by atoms with van der Waals surface area (Å²) < 4.78 is 6.56. The number of benzene rings is 1. The Balaban J connectivity index is 1.90. The first-order valence-corrected chi connectivity index (χ1v) is 7.35. The third-order valence-electron chi connectivity index (χ3n) is 3.75. The van der Waals surface area contributed by atoms with Gasteiger partial charge in [-0.2, -0.15) is 0 Å². The van der Waals surface area contributed by atoms with Crippen LogP contribution < -0.4 is 0 Å². The summed E-state index contributed by atoms with van der Waals surface area (Å²) in [7, 11) is 2.16. The van der Waals surface area contributed by atoms with Crippen LogP contribution in [0.15, 0.2) is 34.9 Å². The molecule has 1 atom stereocenters. The number of rotatable bonds is 3. The summed E-state index contributed by atoms with van der Waals surface area (Å²) >= 11 is 3.59. The van der Waals surface area contributed by atoms with Crippen LogP contribution in [0.1, 0.15) is 12.0 Å². The standard InChI is InChI=1S/C15H17BrN2O/c1-18(12-6-8-19-10-12)9-11-4-5-14(16)13-3-2-7-17-15(11)13/h2-5,7,12H,6,8-10H2,1H3. The van der Waals surface area contributed by atoms with Crippen molar-refractivity contribution in [2.45, 2.75) is 19.0 Å². The molecule has 1 saturated heterocycles. The Labute approximate surface area is 121 Å². The highest BCUT2D eigenvalue weighted by molar-refractivity contribution is 9.10. The Bertz CT molecular complexity index is 581. The smallest absolute Gasteiger partial charge is 0.0758 e. The Morgan fingerprint density at radius 3 is 3.11 bits per heavy atom. The zero-order valence-electron chi connectivity index (χ0n) is 11.0. The Hall–Kier alpha value is -0.970. The van der Waals surface area contributed by atoms with Crippen molar-refractivity contribution in [3.05, 3.63) is 40.5 Å². The Morgan fingerprint density at radius 1 is 1.42 bits per heavy atom. The number of hydrogen-bond donors (Lipinski definition) is 0. The maximum absolute atomic E-state index is 5.46. The highest BCUT2D eigenvalue weighted by atomic mass is 79.9. The summed E-state index contributed by atoms with van der Waals surface area (Å²) in [6.07, 6.45) is 2.98. The zero-order chi connectivity index (χ0) is 13.2. The molecule has 0 amide bonds. The molecular weight excluding hydrogens is 304 g/mol. The van der Waals surface area contributed by atoms with E-state index in [2.05, 4.69) is 51.1 Å². The molecule has 3 rings (SSSR count). The van der Waals surface area contributed by atoms with Crippen molar-refractivity contribution in [2.24, 2.45) is 0 Å². The quantitative estimate of drug-likeness (QED) is 0.868. The van der Waals surface area contributed by atoms with Gasteiger partial charge in [0.1, 0.15) is 0 Å². The summed E-state index contributed by atoms with van der Waals surface area (Å²) in [4.78, 5) is 6.90. The average molecular weight is 321 g/mol. The van der Waals surface area contributed by atoms with Crippen molar-refractivity contribution in [3.63, 3.8) is 0 Å². The molecular formula is C15H17BrN2O. The fraction of sp³-hybridized carbons (Fsp3) is 0.400. The van der Waals surface area contributed by atoms with E-state index in [1.54, 1.807) is 0 Å². The molecule has 1 unspecified atom stereocenters. The molecule has 0 bridgehead atoms. The molecule has 0 saturated carbocycles. The predicted molar refractivity (Wildman–Crippen MR) is 80.1 cm³/mol. The van der Waals surface area contributed by atoms with Crippen LogP contribution in [0.25, 0.3) is 10.9 Å². The molecule has 1 aromatic carbocycles. The number of hydrogen-bond acceptors (Lipinski definition) is 3. The first-order valence-electron chi connectivity index (χ1n) is 6.56. The van der Waals surface area contributed by atoms with E-state index in [9.17, 15) is 0 Å². The van der Waals surface area contributed by atoms with Crippen molar-refractivity contribution in [3.8, 4) is 0 Å².